The maximum absolute atomic E-state index is 5.81. The van der Waals surface area contributed by atoms with Gasteiger partial charge in [-0.15, -0.1) is 0 Å². The van der Waals surface area contributed by atoms with Crippen LogP contribution in [0.2, 0.25) is 0 Å². The number of ether oxygens (including phenoxy) is 2. The van der Waals surface area contributed by atoms with E-state index < -0.39 is 0 Å². The van der Waals surface area contributed by atoms with Crippen molar-refractivity contribution in [2.45, 2.75) is 52.7 Å². The van der Waals surface area contributed by atoms with E-state index in [1.54, 1.807) is 0 Å². The molecule has 0 saturated carbocycles. The van der Waals surface area contributed by atoms with Crippen LogP contribution in [0, 0.1) is 0 Å². The van der Waals surface area contributed by atoms with Crippen LogP contribution >= 0.6 is 15.9 Å². The van der Waals surface area contributed by atoms with Crippen molar-refractivity contribution in [1.82, 2.24) is 0 Å². The summed E-state index contributed by atoms with van der Waals surface area (Å²) in [4.78, 5) is 0. The summed E-state index contributed by atoms with van der Waals surface area (Å²) in [5.41, 5.74) is 3.29. The SMILES string of the molecule is CCCCOCc1cc(B2OCCO2)c(COCCCC)cc1Br. The van der Waals surface area contributed by atoms with Gasteiger partial charge in [-0.25, -0.2) is 0 Å². The van der Waals surface area contributed by atoms with E-state index in [4.69, 9.17) is 18.8 Å². The number of rotatable bonds is 11. The minimum atomic E-state index is -0.294. The summed E-state index contributed by atoms with van der Waals surface area (Å²) in [6.07, 6.45) is 4.45. The fourth-order valence-corrected chi connectivity index (χ4v) is 3.03. The van der Waals surface area contributed by atoms with Gasteiger partial charge in [-0.3, -0.25) is 0 Å². The molecule has 0 aromatic heterocycles. The van der Waals surface area contributed by atoms with Gasteiger partial charge in [0.25, 0.3) is 0 Å². The van der Waals surface area contributed by atoms with Crippen LogP contribution in [0.3, 0.4) is 0 Å². The van der Waals surface area contributed by atoms with E-state index in [1.165, 1.54) is 0 Å². The van der Waals surface area contributed by atoms with Crippen molar-refractivity contribution >= 4 is 28.5 Å². The molecule has 1 heterocycles. The van der Waals surface area contributed by atoms with Gasteiger partial charge in [0, 0.05) is 17.7 Å². The second-order valence-electron chi connectivity index (χ2n) is 6.03. The molecule has 0 bridgehead atoms. The number of halogens is 1. The van der Waals surface area contributed by atoms with Gasteiger partial charge < -0.3 is 18.8 Å². The molecular weight excluding hydrogens is 371 g/mol. The highest BCUT2D eigenvalue weighted by atomic mass is 79.9. The van der Waals surface area contributed by atoms with E-state index in [-0.39, 0.29) is 7.12 Å². The highest BCUT2D eigenvalue weighted by Crippen LogP contribution is 2.21. The highest BCUT2D eigenvalue weighted by molar-refractivity contribution is 9.10. The Morgan fingerprint density at radius 3 is 2.12 bits per heavy atom. The largest absolute Gasteiger partial charge is 0.494 e. The van der Waals surface area contributed by atoms with Gasteiger partial charge in [0.05, 0.1) is 26.4 Å². The quantitative estimate of drug-likeness (QED) is 0.419. The summed E-state index contributed by atoms with van der Waals surface area (Å²) in [7, 11) is -0.294. The number of hydrogen-bond acceptors (Lipinski definition) is 4. The van der Waals surface area contributed by atoms with Gasteiger partial charge in [-0.1, -0.05) is 48.7 Å². The molecule has 2 rings (SSSR count). The van der Waals surface area contributed by atoms with Crippen LogP contribution in [0.15, 0.2) is 16.6 Å². The lowest BCUT2D eigenvalue weighted by molar-refractivity contribution is 0.116. The van der Waals surface area contributed by atoms with Crippen molar-refractivity contribution in [2.24, 2.45) is 0 Å². The van der Waals surface area contributed by atoms with Crippen LogP contribution in [-0.4, -0.2) is 33.5 Å². The van der Waals surface area contributed by atoms with Crippen molar-refractivity contribution in [3.63, 3.8) is 0 Å². The lowest BCUT2D eigenvalue weighted by Gasteiger charge is -2.16. The molecule has 0 radical (unpaired) electrons. The predicted octanol–water partition coefficient (Wildman–Crippen LogP) is 3.82. The summed E-state index contributed by atoms with van der Waals surface area (Å²) in [6.45, 7) is 8.35. The molecule has 0 amide bonds. The van der Waals surface area contributed by atoms with E-state index in [9.17, 15) is 0 Å². The molecule has 134 valence electrons. The molecule has 6 heteroatoms. The van der Waals surface area contributed by atoms with Crippen LogP contribution in [0.1, 0.15) is 50.7 Å². The maximum Gasteiger partial charge on any atom is 0.494 e. The van der Waals surface area contributed by atoms with Gasteiger partial charge >= 0.3 is 7.12 Å². The summed E-state index contributed by atoms with van der Waals surface area (Å²) in [5.74, 6) is 0. The lowest BCUT2D eigenvalue weighted by Crippen LogP contribution is -2.35. The van der Waals surface area contributed by atoms with Crippen LogP contribution in [0.5, 0.6) is 0 Å². The molecule has 24 heavy (non-hydrogen) atoms. The van der Waals surface area contributed by atoms with Crippen molar-refractivity contribution in [1.29, 1.82) is 0 Å². The molecule has 0 atom stereocenters. The molecule has 0 spiro atoms. The average molecular weight is 399 g/mol. The van der Waals surface area contributed by atoms with Gasteiger partial charge in [0.1, 0.15) is 0 Å². The molecular formula is C18H28BBrO4. The van der Waals surface area contributed by atoms with Crippen LogP contribution in [-0.2, 0) is 32.0 Å². The molecule has 1 saturated heterocycles. The average Bonchev–Trinajstić information content (AvgIpc) is 3.11. The molecule has 0 unspecified atom stereocenters. The smallest absolute Gasteiger partial charge is 0.405 e. The van der Waals surface area contributed by atoms with Crippen molar-refractivity contribution in [3.8, 4) is 0 Å². The standard InChI is InChI=1S/C18H28BBrO4/c1-3-5-7-21-13-15-12-18(20)16(14-22-8-6-4-2)11-17(15)19-23-9-10-24-19/h11-12H,3-10,13-14H2,1-2H3. The Kier molecular flexibility index (Phi) is 9.35. The fraction of sp³-hybridized carbons (Fsp3) is 0.667. The second-order valence-corrected chi connectivity index (χ2v) is 6.88. The molecule has 1 aromatic carbocycles. The topological polar surface area (TPSA) is 36.9 Å². The van der Waals surface area contributed by atoms with E-state index >= 15 is 0 Å². The zero-order valence-corrected chi connectivity index (χ0v) is 16.4. The van der Waals surface area contributed by atoms with Gasteiger partial charge in [0.2, 0.25) is 0 Å². The van der Waals surface area contributed by atoms with Crippen molar-refractivity contribution in [3.05, 3.63) is 27.7 Å². The molecule has 0 N–H and O–H groups in total. The van der Waals surface area contributed by atoms with Crippen molar-refractivity contribution < 1.29 is 18.8 Å². The van der Waals surface area contributed by atoms with Gasteiger partial charge in [-0.05, 0) is 35.5 Å². The Morgan fingerprint density at radius 2 is 1.54 bits per heavy atom. The van der Waals surface area contributed by atoms with Crippen LogP contribution < -0.4 is 5.46 Å². The first kappa shape index (κ1) is 19.9. The maximum atomic E-state index is 5.81. The summed E-state index contributed by atoms with van der Waals surface area (Å²) in [6, 6.07) is 4.25. The van der Waals surface area contributed by atoms with E-state index in [2.05, 4.69) is 41.9 Å². The zero-order valence-electron chi connectivity index (χ0n) is 14.8. The van der Waals surface area contributed by atoms with E-state index in [0.29, 0.717) is 26.4 Å². The number of hydrogen-bond donors (Lipinski definition) is 0. The minimum absolute atomic E-state index is 0.294. The molecule has 1 aliphatic heterocycles. The first-order valence-corrected chi connectivity index (χ1v) is 9.75. The van der Waals surface area contributed by atoms with Crippen LogP contribution in [0.25, 0.3) is 0 Å². The van der Waals surface area contributed by atoms with E-state index in [0.717, 1.165) is 60.0 Å². The highest BCUT2D eigenvalue weighted by Gasteiger charge is 2.29. The zero-order chi connectivity index (χ0) is 17.2. The number of benzene rings is 1. The predicted molar refractivity (Wildman–Crippen MR) is 101 cm³/mol. The summed E-state index contributed by atoms with van der Waals surface area (Å²) in [5, 5.41) is 0. The summed E-state index contributed by atoms with van der Waals surface area (Å²) >= 11 is 3.66. The third-order valence-electron chi connectivity index (χ3n) is 3.98. The molecule has 4 nitrogen and oxygen atoms in total. The molecule has 1 aromatic rings. The summed E-state index contributed by atoms with van der Waals surface area (Å²) < 4.78 is 24.0. The fourth-order valence-electron chi connectivity index (χ4n) is 2.53. The second kappa shape index (κ2) is 11.3. The molecule has 1 aliphatic rings. The third kappa shape index (κ3) is 6.15. The Labute approximate surface area is 154 Å². The number of unbranched alkanes of at least 4 members (excludes halogenated alkanes) is 2. The Bertz CT molecular complexity index is 492. The Balaban J connectivity index is 2.08. The monoisotopic (exact) mass is 398 g/mol. The third-order valence-corrected chi connectivity index (χ3v) is 4.72. The Morgan fingerprint density at radius 1 is 0.958 bits per heavy atom. The minimum Gasteiger partial charge on any atom is -0.405 e. The normalized spacial score (nSPS) is 14.5. The lowest BCUT2D eigenvalue weighted by atomic mass is 9.75. The Hall–Kier alpha value is -0.395. The first-order chi connectivity index (χ1) is 11.8. The molecule has 0 aliphatic carbocycles. The van der Waals surface area contributed by atoms with Crippen LogP contribution in [0.4, 0.5) is 0 Å². The van der Waals surface area contributed by atoms with Gasteiger partial charge in [0.15, 0.2) is 0 Å². The van der Waals surface area contributed by atoms with E-state index in [1.807, 2.05) is 0 Å². The van der Waals surface area contributed by atoms with Gasteiger partial charge in [-0.2, -0.15) is 0 Å². The molecule has 1 fully saturated rings. The first-order valence-electron chi connectivity index (χ1n) is 8.96. The van der Waals surface area contributed by atoms with Crippen molar-refractivity contribution in [2.75, 3.05) is 26.4 Å².